The molecule has 1 aromatic heterocycles. The Labute approximate surface area is 105 Å². The summed E-state index contributed by atoms with van der Waals surface area (Å²) >= 11 is 4.97. The maximum atomic E-state index is 5.62. The molecule has 0 saturated carbocycles. The van der Waals surface area contributed by atoms with Crippen LogP contribution in [0.3, 0.4) is 0 Å². The lowest BCUT2D eigenvalue weighted by molar-refractivity contribution is 0.776. The Kier molecular flexibility index (Phi) is 3.10. The summed E-state index contributed by atoms with van der Waals surface area (Å²) in [5.41, 5.74) is 8.59. The molecule has 17 heavy (non-hydrogen) atoms. The Morgan fingerprint density at radius 3 is 2.71 bits per heavy atom. The molecule has 2 aromatic rings. The van der Waals surface area contributed by atoms with Gasteiger partial charge in [0, 0.05) is 24.4 Å². The van der Waals surface area contributed by atoms with Crippen LogP contribution >= 0.6 is 12.2 Å². The summed E-state index contributed by atoms with van der Waals surface area (Å²) in [4.78, 5) is 0.426. The van der Waals surface area contributed by atoms with Crippen molar-refractivity contribution in [2.45, 2.75) is 6.92 Å². The molecule has 0 atom stereocenters. The van der Waals surface area contributed by atoms with Crippen LogP contribution in [0.2, 0.25) is 0 Å². The fraction of sp³-hybridized carbons (Fsp3) is 0.167. The average Bonchev–Trinajstić information content (AvgIpc) is 2.64. The molecule has 1 heterocycles. The maximum Gasteiger partial charge on any atom is 0.128 e. The highest BCUT2D eigenvalue weighted by Gasteiger charge is 2.04. The third kappa shape index (κ3) is 2.45. The number of rotatable bonds is 3. The molecule has 0 aliphatic carbocycles. The topological polar surface area (TPSA) is 55.9 Å². The van der Waals surface area contributed by atoms with Crippen molar-refractivity contribution < 1.29 is 0 Å². The van der Waals surface area contributed by atoms with Crippen LogP contribution in [-0.2, 0) is 7.05 Å². The summed E-state index contributed by atoms with van der Waals surface area (Å²) in [5, 5.41) is 7.37. The van der Waals surface area contributed by atoms with Gasteiger partial charge in [-0.1, -0.05) is 12.2 Å². The zero-order valence-corrected chi connectivity index (χ0v) is 10.6. The quantitative estimate of drug-likeness (QED) is 0.814. The van der Waals surface area contributed by atoms with Crippen molar-refractivity contribution in [1.29, 1.82) is 0 Å². The largest absolute Gasteiger partial charge is 0.389 e. The Morgan fingerprint density at radius 1 is 1.41 bits per heavy atom. The average molecular weight is 246 g/mol. The molecule has 0 amide bonds. The lowest BCUT2D eigenvalue weighted by atomic mass is 10.1. The van der Waals surface area contributed by atoms with Crippen LogP contribution < -0.4 is 11.1 Å². The van der Waals surface area contributed by atoms with E-state index in [1.807, 2.05) is 38.2 Å². The van der Waals surface area contributed by atoms with Gasteiger partial charge in [-0.05, 0) is 30.7 Å². The number of hydrogen-bond acceptors (Lipinski definition) is 3. The third-order valence-corrected chi connectivity index (χ3v) is 2.81. The number of aryl methyl sites for hydroxylation is 2. The van der Waals surface area contributed by atoms with Crippen LogP contribution in [-0.4, -0.2) is 14.8 Å². The zero-order valence-electron chi connectivity index (χ0n) is 9.77. The number of anilines is 2. The molecular formula is C12H14N4S. The molecule has 0 bridgehead atoms. The van der Waals surface area contributed by atoms with Crippen molar-refractivity contribution in [2.24, 2.45) is 12.8 Å². The number of benzene rings is 1. The molecule has 1 aromatic carbocycles. The minimum Gasteiger partial charge on any atom is -0.389 e. The second-order valence-corrected chi connectivity index (χ2v) is 4.30. The molecule has 0 aliphatic rings. The van der Waals surface area contributed by atoms with E-state index in [1.54, 1.807) is 10.9 Å². The number of thiocarbonyl (C=S) groups is 1. The summed E-state index contributed by atoms with van der Waals surface area (Å²) < 4.78 is 1.77. The molecule has 4 nitrogen and oxygen atoms in total. The minimum atomic E-state index is 0.426. The van der Waals surface area contributed by atoms with Crippen molar-refractivity contribution in [3.63, 3.8) is 0 Å². The third-order valence-electron chi connectivity index (χ3n) is 2.59. The van der Waals surface area contributed by atoms with Gasteiger partial charge in [0.25, 0.3) is 0 Å². The van der Waals surface area contributed by atoms with Crippen molar-refractivity contribution in [1.82, 2.24) is 9.78 Å². The summed E-state index contributed by atoms with van der Waals surface area (Å²) in [6, 6.07) is 7.81. The molecule has 0 aliphatic heterocycles. The van der Waals surface area contributed by atoms with E-state index in [-0.39, 0.29) is 0 Å². The predicted molar refractivity (Wildman–Crippen MR) is 73.6 cm³/mol. The molecule has 0 fully saturated rings. The molecule has 2 rings (SSSR count). The summed E-state index contributed by atoms with van der Waals surface area (Å²) in [6.07, 6.45) is 1.75. The predicted octanol–water partition coefficient (Wildman–Crippen LogP) is 2.11. The Bertz CT molecular complexity index is 559. The van der Waals surface area contributed by atoms with Gasteiger partial charge in [0.1, 0.15) is 10.8 Å². The van der Waals surface area contributed by atoms with Crippen LogP contribution in [0.1, 0.15) is 11.1 Å². The first-order chi connectivity index (χ1) is 8.08. The molecule has 0 spiro atoms. The van der Waals surface area contributed by atoms with E-state index < -0.39 is 0 Å². The number of aromatic nitrogens is 2. The van der Waals surface area contributed by atoms with E-state index >= 15 is 0 Å². The van der Waals surface area contributed by atoms with E-state index in [0.29, 0.717) is 4.99 Å². The first kappa shape index (κ1) is 11.6. The van der Waals surface area contributed by atoms with Gasteiger partial charge in [-0.3, -0.25) is 4.68 Å². The Morgan fingerprint density at radius 2 is 2.18 bits per heavy atom. The first-order valence-corrected chi connectivity index (χ1v) is 5.64. The molecule has 0 saturated heterocycles. The number of hydrogen-bond donors (Lipinski definition) is 2. The monoisotopic (exact) mass is 246 g/mol. The minimum absolute atomic E-state index is 0.426. The SMILES string of the molecule is Cc1cc(Nc2ccnn2C)ccc1C(N)=S. The highest BCUT2D eigenvalue weighted by molar-refractivity contribution is 7.80. The summed E-state index contributed by atoms with van der Waals surface area (Å²) in [6.45, 7) is 1.99. The molecule has 0 radical (unpaired) electrons. The molecule has 88 valence electrons. The Hall–Kier alpha value is -1.88. The van der Waals surface area contributed by atoms with E-state index in [9.17, 15) is 0 Å². The second kappa shape index (κ2) is 4.55. The second-order valence-electron chi connectivity index (χ2n) is 3.86. The van der Waals surface area contributed by atoms with Crippen LogP contribution in [0.15, 0.2) is 30.5 Å². The van der Waals surface area contributed by atoms with Crippen molar-refractivity contribution >= 4 is 28.7 Å². The van der Waals surface area contributed by atoms with Crippen molar-refractivity contribution in [2.75, 3.05) is 5.32 Å². The number of nitrogens with one attached hydrogen (secondary N) is 1. The van der Waals surface area contributed by atoms with E-state index in [0.717, 1.165) is 22.6 Å². The van der Waals surface area contributed by atoms with Gasteiger partial charge in [-0.2, -0.15) is 5.10 Å². The van der Waals surface area contributed by atoms with Crippen molar-refractivity contribution in [3.05, 3.63) is 41.6 Å². The molecule has 5 heteroatoms. The fourth-order valence-corrected chi connectivity index (χ4v) is 1.89. The zero-order chi connectivity index (χ0) is 12.4. The number of nitrogens with zero attached hydrogens (tertiary/aromatic N) is 2. The van der Waals surface area contributed by atoms with Gasteiger partial charge >= 0.3 is 0 Å². The highest BCUT2D eigenvalue weighted by Crippen LogP contribution is 2.19. The van der Waals surface area contributed by atoms with Gasteiger partial charge in [-0.25, -0.2) is 0 Å². The van der Waals surface area contributed by atoms with Gasteiger partial charge < -0.3 is 11.1 Å². The Balaban J connectivity index is 2.27. The van der Waals surface area contributed by atoms with Crippen LogP contribution in [0.25, 0.3) is 0 Å². The van der Waals surface area contributed by atoms with Gasteiger partial charge in [0.15, 0.2) is 0 Å². The van der Waals surface area contributed by atoms with E-state index in [1.165, 1.54) is 0 Å². The van der Waals surface area contributed by atoms with Crippen LogP contribution in [0.4, 0.5) is 11.5 Å². The fourth-order valence-electron chi connectivity index (χ4n) is 1.66. The summed E-state index contributed by atoms with van der Waals surface area (Å²) in [7, 11) is 1.89. The van der Waals surface area contributed by atoms with Gasteiger partial charge in [0.2, 0.25) is 0 Å². The van der Waals surface area contributed by atoms with E-state index in [2.05, 4.69) is 10.4 Å². The van der Waals surface area contributed by atoms with Crippen LogP contribution in [0, 0.1) is 6.92 Å². The molecule has 0 unspecified atom stereocenters. The maximum absolute atomic E-state index is 5.62. The first-order valence-electron chi connectivity index (χ1n) is 5.23. The summed E-state index contributed by atoms with van der Waals surface area (Å²) in [5.74, 6) is 0.937. The standard InChI is InChI=1S/C12H14N4S/c1-8-7-9(3-4-10(8)12(13)17)15-11-5-6-14-16(11)2/h3-7,15H,1-2H3,(H2,13,17). The number of nitrogens with two attached hydrogens (primary N) is 1. The smallest absolute Gasteiger partial charge is 0.128 e. The van der Waals surface area contributed by atoms with Crippen LogP contribution in [0.5, 0.6) is 0 Å². The van der Waals surface area contributed by atoms with Gasteiger partial charge in [-0.15, -0.1) is 0 Å². The lowest BCUT2D eigenvalue weighted by Gasteiger charge is -2.09. The molecular weight excluding hydrogens is 232 g/mol. The van der Waals surface area contributed by atoms with E-state index in [4.69, 9.17) is 18.0 Å². The lowest BCUT2D eigenvalue weighted by Crippen LogP contribution is -2.11. The highest BCUT2D eigenvalue weighted by atomic mass is 32.1. The normalized spacial score (nSPS) is 10.2. The molecule has 3 N–H and O–H groups in total. The van der Waals surface area contributed by atoms with Crippen molar-refractivity contribution in [3.8, 4) is 0 Å². The van der Waals surface area contributed by atoms with Gasteiger partial charge in [0.05, 0.1) is 6.20 Å².